The molecule has 5 heteroatoms. The fourth-order valence-electron chi connectivity index (χ4n) is 4.82. The molecule has 1 aromatic carbocycles. The molecule has 0 aromatic heterocycles. The number of anilines is 1. The second-order valence-corrected chi connectivity index (χ2v) is 8.82. The minimum atomic E-state index is -0.919. The number of likely N-dealkylation sites (tertiary alicyclic amines) is 1. The van der Waals surface area contributed by atoms with Gasteiger partial charge in [-0.3, -0.25) is 4.90 Å². The van der Waals surface area contributed by atoms with Crippen molar-refractivity contribution in [2.45, 2.75) is 77.0 Å². The molecule has 2 aliphatic rings. The molecule has 1 heterocycles. The van der Waals surface area contributed by atoms with Gasteiger partial charge in [0, 0.05) is 43.0 Å². The van der Waals surface area contributed by atoms with Gasteiger partial charge in [0.2, 0.25) is 0 Å². The summed E-state index contributed by atoms with van der Waals surface area (Å²) in [5.41, 5.74) is 3.44. The molecule has 0 atom stereocenters. The summed E-state index contributed by atoms with van der Waals surface area (Å²) in [6.45, 7) is 9.62. The van der Waals surface area contributed by atoms with Gasteiger partial charge in [0.1, 0.15) is 0 Å². The van der Waals surface area contributed by atoms with E-state index in [0.29, 0.717) is 17.7 Å². The molecule has 1 saturated carbocycles. The average molecular weight is 401 g/mol. The minimum absolute atomic E-state index is 0.303. The monoisotopic (exact) mass is 400 g/mol. The topological polar surface area (TPSA) is 61.8 Å². The lowest BCUT2D eigenvalue weighted by atomic mass is 9.79. The van der Waals surface area contributed by atoms with E-state index in [4.69, 9.17) is 9.84 Å². The second-order valence-electron chi connectivity index (χ2n) is 8.82. The Labute approximate surface area is 175 Å². The first-order chi connectivity index (χ1) is 13.9. The summed E-state index contributed by atoms with van der Waals surface area (Å²) in [6, 6.07) is 6.55. The van der Waals surface area contributed by atoms with Gasteiger partial charge < -0.3 is 15.2 Å². The van der Waals surface area contributed by atoms with Crippen molar-refractivity contribution < 1.29 is 14.6 Å². The predicted octanol–water partition coefficient (Wildman–Crippen LogP) is 4.71. The second kappa shape index (κ2) is 9.77. The number of rotatable bonds is 7. The standard InChI is InChI=1S/C24H36N2O3/c1-4-29-21-9-13-24(3,14-10-21)26-15-11-20(12-16-26)25-22-17-18(2)5-6-19(22)7-8-23(27)28/h5-8,17,20-21,25H,4,9-16H2,1-3H3,(H,27,28)/b8-7+/t21-,24-. The Bertz CT molecular complexity index is 715. The fraction of sp³-hybridized carbons (Fsp3) is 0.625. The van der Waals surface area contributed by atoms with Gasteiger partial charge in [-0.05, 0) is 82.6 Å². The van der Waals surface area contributed by atoms with Crippen LogP contribution in [0.3, 0.4) is 0 Å². The number of aliphatic carboxylic acids is 1. The van der Waals surface area contributed by atoms with Crippen LogP contribution in [0.25, 0.3) is 6.08 Å². The van der Waals surface area contributed by atoms with Crippen molar-refractivity contribution in [2.75, 3.05) is 25.0 Å². The first kappa shape index (κ1) is 21.8. The van der Waals surface area contributed by atoms with E-state index in [9.17, 15) is 4.79 Å². The maximum atomic E-state index is 10.9. The van der Waals surface area contributed by atoms with Crippen LogP contribution in [-0.4, -0.2) is 53.4 Å². The summed E-state index contributed by atoms with van der Waals surface area (Å²) in [6.07, 6.45) is 10.3. The Morgan fingerprint density at radius 2 is 1.97 bits per heavy atom. The van der Waals surface area contributed by atoms with E-state index in [1.165, 1.54) is 37.3 Å². The van der Waals surface area contributed by atoms with E-state index in [-0.39, 0.29) is 0 Å². The van der Waals surface area contributed by atoms with Gasteiger partial charge in [-0.15, -0.1) is 0 Å². The number of nitrogens with zero attached hydrogens (tertiary/aromatic N) is 1. The van der Waals surface area contributed by atoms with E-state index in [1.807, 2.05) is 12.1 Å². The van der Waals surface area contributed by atoms with E-state index in [1.54, 1.807) is 6.08 Å². The Morgan fingerprint density at radius 3 is 2.59 bits per heavy atom. The SMILES string of the molecule is CCO[C@H]1CC[C@](C)(N2CCC(Nc3cc(C)ccc3/C=C/C(=O)O)CC2)CC1. The highest BCUT2D eigenvalue weighted by atomic mass is 16.5. The van der Waals surface area contributed by atoms with Crippen molar-refractivity contribution in [2.24, 2.45) is 0 Å². The average Bonchev–Trinajstić information content (AvgIpc) is 2.70. The summed E-state index contributed by atoms with van der Waals surface area (Å²) in [4.78, 5) is 13.6. The number of piperidine rings is 1. The Kier molecular flexibility index (Phi) is 7.36. The first-order valence-electron chi connectivity index (χ1n) is 11.0. The maximum Gasteiger partial charge on any atom is 0.328 e. The molecule has 1 saturated heterocycles. The molecule has 160 valence electrons. The molecular formula is C24H36N2O3. The number of hydrogen-bond acceptors (Lipinski definition) is 4. The number of carboxylic acid groups (broad SMARTS) is 1. The van der Waals surface area contributed by atoms with Crippen LogP contribution in [0.2, 0.25) is 0 Å². The van der Waals surface area contributed by atoms with Crippen LogP contribution in [0, 0.1) is 6.92 Å². The number of ether oxygens (including phenoxy) is 1. The lowest BCUT2D eigenvalue weighted by molar-refractivity contribution is -0.131. The Balaban J connectivity index is 1.57. The molecule has 3 rings (SSSR count). The number of carbonyl (C=O) groups is 1. The smallest absolute Gasteiger partial charge is 0.328 e. The normalized spacial score (nSPS) is 26.7. The lowest BCUT2D eigenvalue weighted by Crippen LogP contribution is -2.53. The minimum Gasteiger partial charge on any atom is -0.478 e. The van der Waals surface area contributed by atoms with Crippen LogP contribution in [0.5, 0.6) is 0 Å². The molecule has 29 heavy (non-hydrogen) atoms. The number of nitrogens with one attached hydrogen (secondary N) is 1. The Morgan fingerprint density at radius 1 is 1.28 bits per heavy atom. The van der Waals surface area contributed by atoms with Crippen LogP contribution in [0.1, 0.15) is 63.5 Å². The maximum absolute atomic E-state index is 10.9. The molecule has 0 bridgehead atoms. The van der Waals surface area contributed by atoms with E-state index < -0.39 is 5.97 Å². The zero-order chi connectivity index (χ0) is 20.9. The summed E-state index contributed by atoms with van der Waals surface area (Å²) in [5, 5.41) is 12.6. The third kappa shape index (κ3) is 5.83. The molecule has 1 aliphatic heterocycles. The third-order valence-electron chi connectivity index (χ3n) is 6.64. The summed E-state index contributed by atoms with van der Waals surface area (Å²) < 4.78 is 5.83. The van der Waals surface area contributed by atoms with Crippen molar-refractivity contribution in [3.05, 3.63) is 35.4 Å². The summed E-state index contributed by atoms with van der Waals surface area (Å²) in [7, 11) is 0. The van der Waals surface area contributed by atoms with Gasteiger partial charge in [-0.1, -0.05) is 12.1 Å². The van der Waals surface area contributed by atoms with Gasteiger partial charge in [0.25, 0.3) is 0 Å². The largest absolute Gasteiger partial charge is 0.478 e. The van der Waals surface area contributed by atoms with E-state index in [2.05, 4.69) is 37.1 Å². The molecule has 1 aromatic rings. The highest BCUT2D eigenvalue weighted by molar-refractivity contribution is 5.87. The molecule has 5 nitrogen and oxygen atoms in total. The zero-order valence-electron chi connectivity index (χ0n) is 18.1. The fourth-order valence-corrected chi connectivity index (χ4v) is 4.82. The van der Waals surface area contributed by atoms with Gasteiger partial charge in [0.05, 0.1) is 6.10 Å². The summed E-state index contributed by atoms with van der Waals surface area (Å²) in [5.74, 6) is -0.919. The van der Waals surface area contributed by atoms with Gasteiger partial charge in [-0.25, -0.2) is 4.79 Å². The molecule has 0 amide bonds. The molecule has 0 radical (unpaired) electrons. The van der Waals surface area contributed by atoms with Gasteiger partial charge >= 0.3 is 5.97 Å². The Hall–Kier alpha value is -1.85. The van der Waals surface area contributed by atoms with Crippen LogP contribution >= 0.6 is 0 Å². The number of carboxylic acids is 1. The van der Waals surface area contributed by atoms with Gasteiger partial charge in [0.15, 0.2) is 0 Å². The van der Waals surface area contributed by atoms with Crippen molar-refractivity contribution in [1.82, 2.24) is 4.90 Å². The molecule has 2 N–H and O–H groups in total. The molecule has 0 unspecified atom stereocenters. The molecule has 1 aliphatic carbocycles. The highest BCUT2D eigenvalue weighted by Gasteiger charge is 2.38. The van der Waals surface area contributed by atoms with Crippen molar-refractivity contribution in [3.63, 3.8) is 0 Å². The number of aryl methyl sites for hydroxylation is 1. The van der Waals surface area contributed by atoms with Crippen molar-refractivity contribution >= 4 is 17.7 Å². The molecule has 0 spiro atoms. The van der Waals surface area contributed by atoms with Crippen LogP contribution in [-0.2, 0) is 9.53 Å². The zero-order valence-corrected chi connectivity index (χ0v) is 18.1. The quantitative estimate of drug-likeness (QED) is 0.649. The number of hydrogen-bond donors (Lipinski definition) is 2. The van der Waals surface area contributed by atoms with E-state index in [0.717, 1.165) is 43.8 Å². The highest BCUT2D eigenvalue weighted by Crippen LogP contribution is 2.36. The van der Waals surface area contributed by atoms with Crippen LogP contribution in [0.15, 0.2) is 24.3 Å². The number of benzene rings is 1. The van der Waals surface area contributed by atoms with Crippen LogP contribution in [0.4, 0.5) is 5.69 Å². The first-order valence-corrected chi connectivity index (χ1v) is 11.0. The molecule has 2 fully saturated rings. The van der Waals surface area contributed by atoms with Crippen molar-refractivity contribution in [1.29, 1.82) is 0 Å². The van der Waals surface area contributed by atoms with Crippen LogP contribution < -0.4 is 5.32 Å². The molecular weight excluding hydrogens is 364 g/mol. The third-order valence-corrected chi connectivity index (χ3v) is 6.64. The van der Waals surface area contributed by atoms with E-state index >= 15 is 0 Å². The lowest BCUT2D eigenvalue weighted by Gasteiger charge is -2.48. The van der Waals surface area contributed by atoms with Gasteiger partial charge in [-0.2, -0.15) is 0 Å². The van der Waals surface area contributed by atoms with Crippen molar-refractivity contribution in [3.8, 4) is 0 Å². The summed E-state index contributed by atoms with van der Waals surface area (Å²) >= 11 is 0. The predicted molar refractivity (Wildman–Crippen MR) is 118 cm³/mol.